The molecule has 0 aromatic heterocycles. The molecule has 0 radical (unpaired) electrons. The van der Waals surface area contributed by atoms with Gasteiger partial charge in [0.15, 0.2) is 0 Å². The van der Waals surface area contributed by atoms with Gasteiger partial charge in [-0.3, -0.25) is 4.79 Å². The third-order valence-electron chi connectivity index (χ3n) is 1.79. The van der Waals surface area contributed by atoms with E-state index in [1.807, 2.05) is 27.7 Å². The fourth-order valence-electron chi connectivity index (χ4n) is 1.07. The molecule has 0 rings (SSSR count). The zero-order valence-electron chi connectivity index (χ0n) is 10.0. The number of esters is 1. The molecule has 0 aromatic rings. The first kappa shape index (κ1) is 13.4. The number of carbonyl (C=O) groups is 1. The van der Waals surface area contributed by atoms with Gasteiger partial charge in [-0.25, -0.2) is 0 Å². The van der Waals surface area contributed by atoms with Crippen LogP contribution >= 0.6 is 0 Å². The van der Waals surface area contributed by atoms with Crippen LogP contribution in [0.1, 0.15) is 47.5 Å². The van der Waals surface area contributed by atoms with Gasteiger partial charge in [-0.05, 0) is 34.1 Å². The zero-order valence-corrected chi connectivity index (χ0v) is 10.0. The van der Waals surface area contributed by atoms with Crippen molar-refractivity contribution in [1.29, 1.82) is 0 Å². The smallest absolute Gasteiger partial charge is 0.320 e. The van der Waals surface area contributed by atoms with Crippen LogP contribution in [-0.2, 0) is 9.53 Å². The van der Waals surface area contributed by atoms with Crippen molar-refractivity contribution in [1.82, 2.24) is 5.32 Å². The Morgan fingerprint density at radius 3 is 2.43 bits per heavy atom. The Morgan fingerprint density at radius 2 is 2.00 bits per heavy atom. The molecular weight excluding hydrogens is 178 g/mol. The summed E-state index contributed by atoms with van der Waals surface area (Å²) in [5, 5.41) is 3.09. The number of nitrogens with one attached hydrogen (secondary N) is 1. The van der Waals surface area contributed by atoms with Crippen molar-refractivity contribution >= 4 is 5.97 Å². The highest BCUT2D eigenvalue weighted by Gasteiger charge is 2.13. The van der Waals surface area contributed by atoms with E-state index in [1.165, 1.54) is 0 Å². The molecule has 0 spiro atoms. The van der Waals surface area contributed by atoms with Crippen molar-refractivity contribution in [3.05, 3.63) is 0 Å². The molecule has 1 atom stereocenters. The second kappa shape index (κ2) is 6.02. The molecule has 1 unspecified atom stereocenters. The summed E-state index contributed by atoms with van der Waals surface area (Å²) in [6, 6.07) is 0. The van der Waals surface area contributed by atoms with Crippen LogP contribution in [0.2, 0.25) is 0 Å². The third-order valence-corrected chi connectivity index (χ3v) is 1.79. The van der Waals surface area contributed by atoms with Crippen LogP contribution in [-0.4, -0.2) is 24.2 Å². The average Bonchev–Trinajstić information content (AvgIpc) is 2.00. The van der Waals surface area contributed by atoms with Crippen LogP contribution in [0.25, 0.3) is 0 Å². The molecule has 0 heterocycles. The standard InChI is InChI=1S/C11H23NO2/c1-6-7-9(2)14-10(13)8-12-11(3,4)5/h9,12H,6-8H2,1-5H3. The molecule has 0 aliphatic rings. The minimum atomic E-state index is -0.166. The predicted octanol–water partition coefficient (Wildman–Crippen LogP) is 2.11. The Morgan fingerprint density at radius 1 is 1.43 bits per heavy atom. The summed E-state index contributed by atoms with van der Waals surface area (Å²) >= 11 is 0. The van der Waals surface area contributed by atoms with E-state index in [-0.39, 0.29) is 24.2 Å². The average molecular weight is 201 g/mol. The van der Waals surface area contributed by atoms with Gasteiger partial charge < -0.3 is 10.1 Å². The van der Waals surface area contributed by atoms with E-state index in [0.29, 0.717) is 0 Å². The second-order valence-electron chi connectivity index (χ2n) is 4.69. The zero-order chi connectivity index (χ0) is 11.2. The summed E-state index contributed by atoms with van der Waals surface area (Å²) in [5.41, 5.74) is -0.0347. The molecule has 0 aliphatic heterocycles. The van der Waals surface area contributed by atoms with Gasteiger partial charge >= 0.3 is 5.97 Å². The number of hydrogen-bond acceptors (Lipinski definition) is 3. The van der Waals surface area contributed by atoms with E-state index < -0.39 is 0 Å². The Balaban J connectivity index is 3.65. The highest BCUT2D eigenvalue weighted by Crippen LogP contribution is 2.02. The van der Waals surface area contributed by atoms with Crippen molar-refractivity contribution < 1.29 is 9.53 Å². The number of ether oxygens (including phenoxy) is 1. The van der Waals surface area contributed by atoms with Gasteiger partial charge in [-0.1, -0.05) is 13.3 Å². The minimum absolute atomic E-state index is 0.0347. The maximum Gasteiger partial charge on any atom is 0.320 e. The van der Waals surface area contributed by atoms with Crippen LogP contribution in [0.3, 0.4) is 0 Å². The summed E-state index contributed by atoms with van der Waals surface area (Å²) in [5.74, 6) is -0.166. The van der Waals surface area contributed by atoms with Crippen LogP contribution in [0.4, 0.5) is 0 Å². The Labute approximate surface area is 87.2 Å². The molecule has 0 saturated carbocycles. The van der Waals surface area contributed by atoms with E-state index in [0.717, 1.165) is 12.8 Å². The van der Waals surface area contributed by atoms with Gasteiger partial charge in [0.25, 0.3) is 0 Å². The summed E-state index contributed by atoms with van der Waals surface area (Å²) in [6.07, 6.45) is 2.01. The first-order chi connectivity index (χ1) is 6.35. The van der Waals surface area contributed by atoms with Gasteiger partial charge in [0, 0.05) is 5.54 Å². The second-order valence-corrected chi connectivity index (χ2v) is 4.69. The quantitative estimate of drug-likeness (QED) is 0.692. The lowest BCUT2D eigenvalue weighted by Gasteiger charge is -2.20. The monoisotopic (exact) mass is 201 g/mol. The SMILES string of the molecule is CCCC(C)OC(=O)CNC(C)(C)C. The summed E-state index contributed by atoms with van der Waals surface area (Å²) in [6.45, 7) is 10.4. The molecule has 1 N–H and O–H groups in total. The van der Waals surface area contributed by atoms with E-state index >= 15 is 0 Å². The molecule has 0 saturated heterocycles. The Hall–Kier alpha value is -0.570. The number of hydrogen-bond donors (Lipinski definition) is 1. The summed E-state index contributed by atoms with van der Waals surface area (Å²) in [7, 11) is 0. The first-order valence-corrected chi connectivity index (χ1v) is 5.29. The first-order valence-electron chi connectivity index (χ1n) is 5.29. The molecule has 3 nitrogen and oxygen atoms in total. The van der Waals surface area contributed by atoms with Gasteiger partial charge in [0.05, 0.1) is 12.6 Å². The molecule has 84 valence electrons. The lowest BCUT2D eigenvalue weighted by molar-refractivity contribution is -0.147. The normalized spacial score (nSPS) is 13.8. The minimum Gasteiger partial charge on any atom is -0.462 e. The highest BCUT2D eigenvalue weighted by atomic mass is 16.5. The van der Waals surface area contributed by atoms with Crippen LogP contribution in [0.5, 0.6) is 0 Å². The molecule has 14 heavy (non-hydrogen) atoms. The van der Waals surface area contributed by atoms with E-state index in [4.69, 9.17) is 4.74 Å². The van der Waals surface area contributed by atoms with Crippen molar-refractivity contribution in [3.63, 3.8) is 0 Å². The largest absolute Gasteiger partial charge is 0.462 e. The van der Waals surface area contributed by atoms with Crippen molar-refractivity contribution in [2.45, 2.75) is 59.1 Å². The van der Waals surface area contributed by atoms with Crippen molar-refractivity contribution in [3.8, 4) is 0 Å². The molecular formula is C11H23NO2. The van der Waals surface area contributed by atoms with E-state index in [1.54, 1.807) is 0 Å². The molecule has 0 bridgehead atoms. The third kappa shape index (κ3) is 8.05. The Kier molecular flexibility index (Phi) is 5.77. The molecule has 0 aromatic carbocycles. The lowest BCUT2D eigenvalue weighted by atomic mass is 10.1. The molecule has 0 amide bonds. The Bertz CT molecular complexity index is 173. The number of rotatable bonds is 5. The van der Waals surface area contributed by atoms with Crippen molar-refractivity contribution in [2.24, 2.45) is 0 Å². The fourth-order valence-corrected chi connectivity index (χ4v) is 1.07. The topological polar surface area (TPSA) is 38.3 Å². The molecule has 0 aliphatic carbocycles. The van der Waals surface area contributed by atoms with Gasteiger partial charge in [0.1, 0.15) is 0 Å². The fraction of sp³-hybridized carbons (Fsp3) is 0.909. The van der Waals surface area contributed by atoms with Crippen LogP contribution in [0.15, 0.2) is 0 Å². The van der Waals surface area contributed by atoms with Gasteiger partial charge in [-0.2, -0.15) is 0 Å². The molecule has 3 heteroatoms. The lowest BCUT2D eigenvalue weighted by Crippen LogP contribution is -2.40. The highest BCUT2D eigenvalue weighted by molar-refractivity contribution is 5.71. The predicted molar refractivity (Wildman–Crippen MR) is 58.2 cm³/mol. The molecule has 0 fully saturated rings. The summed E-state index contributed by atoms with van der Waals surface area (Å²) < 4.78 is 5.18. The van der Waals surface area contributed by atoms with E-state index in [9.17, 15) is 4.79 Å². The van der Waals surface area contributed by atoms with E-state index in [2.05, 4.69) is 12.2 Å². The van der Waals surface area contributed by atoms with Gasteiger partial charge in [0.2, 0.25) is 0 Å². The van der Waals surface area contributed by atoms with Crippen LogP contribution in [0, 0.1) is 0 Å². The van der Waals surface area contributed by atoms with Crippen LogP contribution < -0.4 is 5.32 Å². The van der Waals surface area contributed by atoms with Crippen molar-refractivity contribution in [2.75, 3.05) is 6.54 Å². The maximum atomic E-state index is 11.3. The van der Waals surface area contributed by atoms with Gasteiger partial charge in [-0.15, -0.1) is 0 Å². The summed E-state index contributed by atoms with van der Waals surface area (Å²) in [4.78, 5) is 11.3. The maximum absolute atomic E-state index is 11.3. The number of carbonyl (C=O) groups excluding carboxylic acids is 1.